The first kappa shape index (κ1) is 18.2. The summed E-state index contributed by atoms with van der Waals surface area (Å²) in [5, 5.41) is 2.31. The molecule has 4 rings (SSSR count). The van der Waals surface area contributed by atoms with Crippen molar-refractivity contribution in [1.29, 1.82) is 0 Å². The molecule has 0 radical (unpaired) electrons. The summed E-state index contributed by atoms with van der Waals surface area (Å²) in [5.41, 5.74) is 6.75. The van der Waals surface area contributed by atoms with E-state index in [1.54, 1.807) is 0 Å². The molecule has 0 spiro atoms. The highest BCUT2D eigenvalue weighted by atomic mass is 19.1. The highest BCUT2D eigenvalue weighted by molar-refractivity contribution is 6.08. The molecule has 4 aromatic rings. The number of hydrogen-bond donors (Lipinski definition) is 0. The van der Waals surface area contributed by atoms with Crippen molar-refractivity contribution in [2.24, 2.45) is 7.05 Å². The molecule has 28 heavy (non-hydrogen) atoms. The van der Waals surface area contributed by atoms with Crippen molar-refractivity contribution >= 4 is 33.2 Å². The van der Waals surface area contributed by atoms with Crippen molar-refractivity contribution in [3.05, 3.63) is 66.5 Å². The van der Waals surface area contributed by atoms with Crippen LogP contribution in [0.1, 0.15) is 0 Å². The van der Waals surface area contributed by atoms with Crippen LogP contribution in [-0.2, 0) is 7.05 Å². The minimum absolute atomic E-state index is 0.219. The molecule has 0 unspecified atom stereocenters. The van der Waals surface area contributed by atoms with Gasteiger partial charge in [0.25, 0.3) is 0 Å². The third kappa shape index (κ3) is 2.95. The fourth-order valence-electron chi connectivity index (χ4n) is 3.78. The monoisotopic (exact) mass is 374 g/mol. The van der Waals surface area contributed by atoms with Gasteiger partial charge in [-0.3, -0.25) is 0 Å². The van der Waals surface area contributed by atoms with Crippen molar-refractivity contribution in [3.63, 3.8) is 0 Å². The highest BCUT2D eigenvalue weighted by Crippen LogP contribution is 2.36. The topological polar surface area (TPSA) is 10.4 Å². The fraction of sp³-hybridized carbons (Fsp3) is 0.208. The lowest BCUT2D eigenvalue weighted by molar-refractivity contribution is -0.617. The van der Waals surface area contributed by atoms with Crippen LogP contribution in [0.5, 0.6) is 0 Å². The Kier molecular flexibility index (Phi) is 4.42. The Morgan fingerprint density at radius 2 is 1.14 bits per heavy atom. The van der Waals surface area contributed by atoms with Crippen molar-refractivity contribution < 1.29 is 8.96 Å². The van der Waals surface area contributed by atoms with E-state index in [0.717, 1.165) is 44.3 Å². The van der Waals surface area contributed by atoms with Gasteiger partial charge in [0.1, 0.15) is 12.9 Å². The molecule has 3 nitrogen and oxygen atoms in total. The second-order valence-electron chi connectivity index (χ2n) is 7.63. The van der Waals surface area contributed by atoms with Crippen LogP contribution in [0.2, 0.25) is 0 Å². The molecule has 0 aliphatic carbocycles. The van der Waals surface area contributed by atoms with Gasteiger partial charge in [0.05, 0.1) is 10.8 Å². The number of rotatable bonds is 3. The molecular weight excluding hydrogens is 349 g/mol. The summed E-state index contributed by atoms with van der Waals surface area (Å²) < 4.78 is 15.8. The predicted octanol–water partition coefficient (Wildman–Crippen LogP) is 4.76. The van der Waals surface area contributed by atoms with E-state index < -0.39 is 0 Å². The molecule has 0 N–H and O–H groups in total. The largest absolute Gasteiger partial charge is 0.377 e. The standard InChI is InChI=1S/C24H25FN3/c1-26(2)18-10-12-20-22(14-18)28(5)23-15-19(27(3)4)11-13-21(23)24(20)16-6-8-17(25)9-7-16/h6-15H,1-5H3/q+1. The molecule has 0 atom stereocenters. The average Bonchev–Trinajstić information content (AvgIpc) is 2.69. The van der Waals surface area contributed by atoms with Crippen LogP contribution < -0.4 is 14.4 Å². The van der Waals surface area contributed by atoms with Gasteiger partial charge < -0.3 is 9.80 Å². The third-order valence-electron chi connectivity index (χ3n) is 5.39. The summed E-state index contributed by atoms with van der Waals surface area (Å²) in [6.07, 6.45) is 0. The van der Waals surface area contributed by atoms with Crippen LogP contribution >= 0.6 is 0 Å². The first-order valence-electron chi connectivity index (χ1n) is 9.37. The summed E-state index contributed by atoms with van der Waals surface area (Å²) in [4.78, 5) is 4.22. The van der Waals surface area contributed by atoms with Gasteiger partial charge in [0.2, 0.25) is 11.0 Å². The lowest BCUT2D eigenvalue weighted by atomic mass is 9.95. The zero-order chi connectivity index (χ0) is 20.0. The van der Waals surface area contributed by atoms with E-state index in [-0.39, 0.29) is 5.82 Å². The van der Waals surface area contributed by atoms with E-state index in [0.29, 0.717) is 0 Å². The molecule has 0 amide bonds. The minimum atomic E-state index is -0.219. The van der Waals surface area contributed by atoms with E-state index in [2.05, 4.69) is 57.8 Å². The molecule has 4 heteroatoms. The average molecular weight is 374 g/mol. The molecule has 1 heterocycles. The van der Waals surface area contributed by atoms with Crippen molar-refractivity contribution in [2.45, 2.75) is 0 Å². The van der Waals surface area contributed by atoms with Gasteiger partial charge >= 0.3 is 0 Å². The number of anilines is 2. The second-order valence-corrected chi connectivity index (χ2v) is 7.63. The van der Waals surface area contributed by atoms with Crippen LogP contribution in [0.4, 0.5) is 15.8 Å². The molecule has 3 aromatic carbocycles. The zero-order valence-corrected chi connectivity index (χ0v) is 17.0. The van der Waals surface area contributed by atoms with E-state index in [4.69, 9.17) is 0 Å². The zero-order valence-electron chi connectivity index (χ0n) is 17.0. The van der Waals surface area contributed by atoms with Crippen LogP contribution in [0.25, 0.3) is 32.9 Å². The first-order chi connectivity index (χ1) is 13.4. The number of pyridine rings is 1. The quantitative estimate of drug-likeness (QED) is 0.378. The van der Waals surface area contributed by atoms with Crippen LogP contribution in [0, 0.1) is 5.82 Å². The van der Waals surface area contributed by atoms with Gasteiger partial charge in [-0.2, -0.15) is 4.57 Å². The Morgan fingerprint density at radius 1 is 0.679 bits per heavy atom. The Bertz CT molecular complexity index is 1110. The normalized spacial score (nSPS) is 11.2. The van der Waals surface area contributed by atoms with Gasteiger partial charge in [-0.1, -0.05) is 12.1 Å². The summed E-state index contributed by atoms with van der Waals surface area (Å²) in [7, 11) is 10.3. The third-order valence-corrected chi connectivity index (χ3v) is 5.39. The van der Waals surface area contributed by atoms with E-state index in [9.17, 15) is 4.39 Å². The summed E-state index contributed by atoms with van der Waals surface area (Å²) in [6, 6.07) is 19.8. The summed E-state index contributed by atoms with van der Waals surface area (Å²) >= 11 is 0. The maximum Gasteiger partial charge on any atom is 0.215 e. The van der Waals surface area contributed by atoms with Gasteiger partial charge in [0, 0.05) is 57.3 Å². The van der Waals surface area contributed by atoms with Crippen LogP contribution in [0.15, 0.2) is 60.7 Å². The van der Waals surface area contributed by atoms with Gasteiger partial charge in [-0.05, 0) is 42.0 Å². The molecule has 0 saturated carbocycles. The molecule has 0 bridgehead atoms. The highest BCUT2D eigenvalue weighted by Gasteiger charge is 2.20. The van der Waals surface area contributed by atoms with E-state index >= 15 is 0 Å². The van der Waals surface area contributed by atoms with Crippen molar-refractivity contribution in [2.75, 3.05) is 38.0 Å². The Balaban J connectivity index is 2.16. The van der Waals surface area contributed by atoms with Crippen molar-refractivity contribution in [1.82, 2.24) is 0 Å². The fourth-order valence-corrected chi connectivity index (χ4v) is 3.78. The number of fused-ring (bicyclic) bond motifs is 2. The maximum absolute atomic E-state index is 13.6. The van der Waals surface area contributed by atoms with Crippen LogP contribution in [-0.4, -0.2) is 28.2 Å². The van der Waals surface area contributed by atoms with Gasteiger partial charge in [0.15, 0.2) is 0 Å². The van der Waals surface area contributed by atoms with E-state index in [1.807, 2.05) is 40.3 Å². The number of nitrogens with zero attached hydrogens (tertiary/aromatic N) is 3. The Morgan fingerprint density at radius 3 is 1.57 bits per heavy atom. The van der Waals surface area contributed by atoms with Crippen molar-refractivity contribution in [3.8, 4) is 11.1 Å². The molecule has 0 aliphatic rings. The summed E-state index contributed by atoms with van der Waals surface area (Å²) in [6.45, 7) is 0. The number of halogens is 1. The minimum Gasteiger partial charge on any atom is -0.377 e. The second kappa shape index (κ2) is 6.79. The first-order valence-corrected chi connectivity index (χ1v) is 9.37. The Hall–Kier alpha value is -3.14. The van der Waals surface area contributed by atoms with Gasteiger partial charge in [-0.15, -0.1) is 0 Å². The SMILES string of the molecule is CN(C)c1ccc2c(-c3ccc(F)cc3)c3ccc(N(C)C)cc3[n+](C)c2c1. The maximum atomic E-state index is 13.6. The van der Waals surface area contributed by atoms with Crippen LogP contribution in [0.3, 0.4) is 0 Å². The Labute approximate surface area is 165 Å². The van der Waals surface area contributed by atoms with E-state index in [1.165, 1.54) is 12.1 Å². The van der Waals surface area contributed by atoms with Gasteiger partial charge in [-0.25, -0.2) is 4.39 Å². The molecule has 0 saturated heterocycles. The number of benzene rings is 3. The number of aromatic nitrogens is 1. The molecule has 0 fully saturated rings. The molecular formula is C24H25FN3+. The smallest absolute Gasteiger partial charge is 0.215 e. The molecule has 1 aromatic heterocycles. The predicted molar refractivity (Wildman–Crippen MR) is 117 cm³/mol. The number of hydrogen-bond acceptors (Lipinski definition) is 2. The molecule has 142 valence electrons. The summed E-state index contributed by atoms with van der Waals surface area (Å²) in [5.74, 6) is -0.219. The lowest BCUT2D eigenvalue weighted by Crippen LogP contribution is -2.31. The number of aryl methyl sites for hydroxylation is 1. The lowest BCUT2D eigenvalue weighted by Gasteiger charge is -2.17. The molecule has 0 aliphatic heterocycles.